The van der Waals surface area contributed by atoms with E-state index in [1.807, 2.05) is 0 Å². The molecule has 2 rings (SSSR count). The molecule has 7 heteroatoms. The molecule has 15 heavy (non-hydrogen) atoms. The first-order valence-corrected chi connectivity index (χ1v) is 4.52. The second-order valence-electron chi connectivity index (χ2n) is 3.50. The van der Waals surface area contributed by atoms with Crippen molar-refractivity contribution in [2.24, 2.45) is 5.73 Å². The first-order valence-electron chi connectivity index (χ1n) is 4.52. The first-order chi connectivity index (χ1) is 6.68. The fourth-order valence-electron chi connectivity index (χ4n) is 1.55. The zero-order valence-electron chi connectivity index (χ0n) is 8.34. The fraction of sp³-hybridized carbons (Fsp3) is 0.625. The number of amides is 1. The van der Waals surface area contributed by atoms with Crippen molar-refractivity contribution in [2.45, 2.75) is 19.4 Å². The normalized spacial score (nSPS) is 20.1. The highest BCUT2D eigenvalue weighted by atomic mass is 35.5. The summed E-state index contributed by atoms with van der Waals surface area (Å²) in [5.41, 5.74) is 6.52. The summed E-state index contributed by atoms with van der Waals surface area (Å²) in [7, 11) is 0. The largest absolute Gasteiger partial charge is 0.336 e. The highest BCUT2D eigenvalue weighted by Gasteiger charge is 2.27. The summed E-state index contributed by atoms with van der Waals surface area (Å²) in [6, 6.07) is 0.0825. The van der Waals surface area contributed by atoms with Crippen LogP contribution in [0.5, 0.6) is 0 Å². The molecule has 1 aromatic heterocycles. The lowest BCUT2D eigenvalue weighted by Crippen LogP contribution is -2.32. The molecular weight excluding hydrogens is 220 g/mol. The van der Waals surface area contributed by atoms with Crippen molar-refractivity contribution in [1.29, 1.82) is 0 Å². The molecule has 1 aliphatic heterocycles. The molecule has 1 atom stereocenters. The average molecular weight is 233 g/mol. The minimum absolute atomic E-state index is 0. The summed E-state index contributed by atoms with van der Waals surface area (Å²) in [5, 5.41) is 7.13. The molecule has 0 radical (unpaired) electrons. The molecule has 2 heterocycles. The number of nitrogens with two attached hydrogens (primary N) is 1. The molecule has 1 unspecified atom stereocenters. The molecule has 1 aliphatic rings. The van der Waals surface area contributed by atoms with E-state index in [4.69, 9.17) is 5.73 Å². The van der Waals surface area contributed by atoms with Gasteiger partial charge in [0.15, 0.2) is 5.69 Å². The van der Waals surface area contributed by atoms with Gasteiger partial charge >= 0.3 is 0 Å². The van der Waals surface area contributed by atoms with Gasteiger partial charge in [-0.15, -0.1) is 12.4 Å². The zero-order chi connectivity index (χ0) is 10.1. The zero-order valence-corrected chi connectivity index (χ0v) is 9.16. The number of carbonyl (C=O) groups is 1. The van der Waals surface area contributed by atoms with Gasteiger partial charge in [0.05, 0.1) is 0 Å². The molecule has 1 amide bonds. The smallest absolute Gasteiger partial charge is 0.278 e. The molecular formula is C8H13ClN4O2. The van der Waals surface area contributed by atoms with Crippen molar-refractivity contribution in [2.75, 3.05) is 13.1 Å². The van der Waals surface area contributed by atoms with Crippen molar-refractivity contribution in [1.82, 2.24) is 15.2 Å². The summed E-state index contributed by atoms with van der Waals surface area (Å²) in [6.45, 7) is 2.97. The number of carbonyl (C=O) groups excluding carboxylic acids is 1. The summed E-state index contributed by atoms with van der Waals surface area (Å²) in [4.78, 5) is 13.5. The summed E-state index contributed by atoms with van der Waals surface area (Å²) in [6.07, 6.45) is 0.843. The minimum atomic E-state index is -0.142. The van der Waals surface area contributed by atoms with Crippen LogP contribution >= 0.6 is 12.4 Å². The molecule has 6 nitrogen and oxygen atoms in total. The molecule has 1 saturated heterocycles. The van der Waals surface area contributed by atoms with E-state index >= 15 is 0 Å². The molecule has 84 valence electrons. The van der Waals surface area contributed by atoms with Crippen molar-refractivity contribution >= 4 is 18.3 Å². The van der Waals surface area contributed by atoms with E-state index in [0.717, 1.165) is 6.42 Å². The van der Waals surface area contributed by atoms with Crippen molar-refractivity contribution in [3.63, 3.8) is 0 Å². The van der Waals surface area contributed by atoms with Crippen LogP contribution in [0, 0.1) is 6.92 Å². The number of hydrogen-bond acceptors (Lipinski definition) is 5. The summed E-state index contributed by atoms with van der Waals surface area (Å²) < 4.78 is 4.47. The quantitative estimate of drug-likeness (QED) is 0.735. The van der Waals surface area contributed by atoms with Gasteiger partial charge in [-0.25, -0.2) is 4.63 Å². The molecule has 0 saturated carbocycles. The lowest BCUT2D eigenvalue weighted by Gasteiger charge is -2.13. The fourth-order valence-corrected chi connectivity index (χ4v) is 1.55. The van der Waals surface area contributed by atoms with Gasteiger partial charge < -0.3 is 10.6 Å². The van der Waals surface area contributed by atoms with E-state index in [9.17, 15) is 4.79 Å². The van der Waals surface area contributed by atoms with E-state index in [-0.39, 0.29) is 24.4 Å². The van der Waals surface area contributed by atoms with E-state index in [2.05, 4.69) is 14.9 Å². The number of halogens is 1. The van der Waals surface area contributed by atoms with E-state index < -0.39 is 0 Å². The monoisotopic (exact) mass is 232 g/mol. The van der Waals surface area contributed by atoms with Crippen molar-refractivity contribution in [3.05, 3.63) is 11.4 Å². The van der Waals surface area contributed by atoms with Crippen LogP contribution in [0.2, 0.25) is 0 Å². The third kappa shape index (κ3) is 2.27. The van der Waals surface area contributed by atoms with Crippen LogP contribution in [0.1, 0.15) is 22.6 Å². The molecule has 0 spiro atoms. The Morgan fingerprint density at radius 3 is 2.80 bits per heavy atom. The second-order valence-corrected chi connectivity index (χ2v) is 3.50. The van der Waals surface area contributed by atoms with E-state index in [0.29, 0.717) is 24.5 Å². The maximum absolute atomic E-state index is 11.8. The van der Waals surface area contributed by atoms with E-state index in [1.165, 1.54) is 0 Å². The SMILES string of the molecule is Cc1nonc1C(=O)N1CCC(N)C1.Cl. The Balaban J connectivity index is 0.00000112. The summed E-state index contributed by atoms with van der Waals surface area (Å²) in [5.74, 6) is -0.142. The van der Waals surface area contributed by atoms with Crippen LogP contribution in [0.25, 0.3) is 0 Å². The highest BCUT2D eigenvalue weighted by molar-refractivity contribution is 5.93. The number of hydrogen-bond donors (Lipinski definition) is 1. The third-order valence-corrected chi connectivity index (χ3v) is 2.37. The molecule has 1 fully saturated rings. The lowest BCUT2D eigenvalue weighted by atomic mass is 10.3. The maximum atomic E-state index is 11.8. The van der Waals surface area contributed by atoms with Gasteiger partial charge in [0.2, 0.25) is 0 Å². The Hall–Kier alpha value is -1.14. The Bertz CT molecular complexity index is 354. The number of nitrogens with zero attached hydrogens (tertiary/aromatic N) is 3. The number of aryl methyl sites for hydroxylation is 1. The molecule has 0 bridgehead atoms. The topological polar surface area (TPSA) is 85.2 Å². The van der Waals surface area contributed by atoms with Gasteiger partial charge in [-0.3, -0.25) is 4.79 Å². The summed E-state index contributed by atoms with van der Waals surface area (Å²) >= 11 is 0. The molecule has 0 aromatic carbocycles. The number of aromatic nitrogens is 2. The van der Waals surface area contributed by atoms with Gasteiger partial charge in [-0.05, 0) is 18.5 Å². The van der Waals surface area contributed by atoms with Gasteiger partial charge in [-0.2, -0.15) is 0 Å². The minimum Gasteiger partial charge on any atom is -0.336 e. The van der Waals surface area contributed by atoms with Crippen molar-refractivity contribution in [3.8, 4) is 0 Å². The molecule has 1 aromatic rings. The highest BCUT2D eigenvalue weighted by Crippen LogP contribution is 2.12. The van der Waals surface area contributed by atoms with Gasteiger partial charge in [0.1, 0.15) is 5.69 Å². The van der Waals surface area contributed by atoms with Crippen LogP contribution in [0.4, 0.5) is 0 Å². The van der Waals surface area contributed by atoms with Crippen molar-refractivity contribution < 1.29 is 9.42 Å². The van der Waals surface area contributed by atoms with Gasteiger partial charge in [-0.1, -0.05) is 5.16 Å². The standard InChI is InChI=1S/C8H12N4O2.ClH/c1-5-7(11-14-10-5)8(13)12-3-2-6(9)4-12;/h6H,2-4,9H2,1H3;1H. The lowest BCUT2D eigenvalue weighted by molar-refractivity contribution is 0.0779. The maximum Gasteiger partial charge on any atom is 0.278 e. The van der Waals surface area contributed by atoms with Crippen LogP contribution in [0.3, 0.4) is 0 Å². The Morgan fingerprint density at radius 2 is 2.33 bits per heavy atom. The third-order valence-electron chi connectivity index (χ3n) is 2.37. The average Bonchev–Trinajstić information content (AvgIpc) is 2.73. The second kappa shape index (κ2) is 4.59. The number of rotatable bonds is 1. The predicted octanol–water partition coefficient (Wildman–Crippen LogP) is -0.0270. The van der Waals surface area contributed by atoms with Gasteiger partial charge in [0, 0.05) is 19.1 Å². The van der Waals surface area contributed by atoms with Crippen LogP contribution < -0.4 is 5.73 Å². The Kier molecular flexibility index (Phi) is 3.65. The number of likely N-dealkylation sites (tertiary alicyclic amines) is 1. The van der Waals surface area contributed by atoms with Crippen LogP contribution in [-0.4, -0.2) is 40.3 Å². The van der Waals surface area contributed by atoms with Gasteiger partial charge in [0.25, 0.3) is 5.91 Å². The first kappa shape index (κ1) is 11.9. The van der Waals surface area contributed by atoms with Crippen LogP contribution in [0.15, 0.2) is 4.63 Å². The predicted molar refractivity (Wildman–Crippen MR) is 54.8 cm³/mol. The van der Waals surface area contributed by atoms with E-state index in [1.54, 1.807) is 11.8 Å². The van der Waals surface area contributed by atoms with Crippen LogP contribution in [-0.2, 0) is 0 Å². The molecule has 0 aliphatic carbocycles. The Morgan fingerprint density at radius 1 is 1.60 bits per heavy atom. The molecule has 2 N–H and O–H groups in total. The Labute approximate surface area is 93.2 Å².